The summed E-state index contributed by atoms with van der Waals surface area (Å²) in [6.45, 7) is 4.42. The second kappa shape index (κ2) is 8.84. The van der Waals surface area contributed by atoms with Crippen molar-refractivity contribution in [3.8, 4) is 11.5 Å². The molecule has 0 aliphatic heterocycles. The number of methoxy groups -OCH3 is 1. The fraction of sp³-hybridized carbons (Fsp3) is 0.316. The molecule has 1 amide bonds. The van der Waals surface area contributed by atoms with Gasteiger partial charge in [-0.25, -0.2) is 0 Å². The van der Waals surface area contributed by atoms with Gasteiger partial charge in [-0.3, -0.25) is 14.9 Å². The van der Waals surface area contributed by atoms with Gasteiger partial charge in [-0.05, 0) is 18.4 Å². The molecule has 0 heterocycles. The normalized spacial score (nSPS) is 11.5. The van der Waals surface area contributed by atoms with E-state index in [9.17, 15) is 14.9 Å². The number of nitro groups is 1. The zero-order valence-corrected chi connectivity index (χ0v) is 15.0. The average Bonchev–Trinajstić information content (AvgIpc) is 2.66. The summed E-state index contributed by atoms with van der Waals surface area (Å²) < 4.78 is 10.5. The summed E-state index contributed by atoms with van der Waals surface area (Å²) in [7, 11) is 1.42. The van der Waals surface area contributed by atoms with E-state index in [1.165, 1.54) is 19.2 Å². The lowest BCUT2D eigenvalue weighted by atomic mass is 10.0. The Hall–Kier alpha value is -3.09. The minimum absolute atomic E-state index is 0.0597. The van der Waals surface area contributed by atoms with Crippen LogP contribution in [0.25, 0.3) is 0 Å². The van der Waals surface area contributed by atoms with Gasteiger partial charge in [-0.1, -0.05) is 37.3 Å². The lowest BCUT2D eigenvalue weighted by Gasteiger charge is -2.14. The van der Waals surface area contributed by atoms with Crippen molar-refractivity contribution >= 4 is 11.6 Å². The smallest absolute Gasteiger partial charge is 0.286 e. The van der Waals surface area contributed by atoms with Gasteiger partial charge in [-0.2, -0.15) is 0 Å². The first-order valence-corrected chi connectivity index (χ1v) is 8.30. The summed E-state index contributed by atoms with van der Waals surface area (Å²) in [5.74, 6) is 0.0549. The van der Waals surface area contributed by atoms with E-state index in [4.69, 9.17) is 9.47 Å². The predicted octanol–water partition coefficient (Wildman–Crippen LogP) is 3.54. The van der Waals surface area contributed by atoms with Crippen molar-refractivity contribution in [2.24, 2.45) is 0 Å². The van der Waals surface area contributed by atoms with Crippen molar-refractivity contribution in [2.45, 2.75) is 19.8 Å². The molecule has 1 N–H and O–H groups in total. The third kappa shape index (κ3) is 4.50. The third-order valence-electron chi connectivity index (χ3n) is 3.96. The van der Waals surface area contributed by atoms with Gasteiger partial charge in [0.25, 0.3) is 11.6 Å². The van der Waals surface area contributed by atoms with E-state index >= 15 is 0 Å². The number of amides is 1. The fourth-order valence-corrected chi connectivity index (χ4v) is 2.55. The minimum Gasteiger partial charge on any atom is -0.493 e. The van der Waals surface area contributed by atoms with Crippen molar-refractivity contribution in [2.75, 3.05) is 20.3 Å². The van der Waals surface area contributed by atoms with Gasteiger partial charge in [0, 0.05) is 12.6 Å². The van der Waals surface area contributed by atoms with Crippen molar-refractivity contribution in [1.82, 2.24) is 5.32 Å². The number of carbonyl (C=O) groups is 1. The van der Waals surface area contributed by atoms with Gasteiger partial charge in [-0.15, -0.1) is 0 Å². The van der Waals surface area contributed by atoms with Gasteiger partial charge in [0.05, 0.1) is 24.7 Å². The summed E-state index contributed by atoms with van der Waals surface area (Å²) in [6.07, 6.45) is 0. The summed E-state index contributed by atoms with van der Waals surface area (Å²) in [4.78, 5) is 23.3. The van der Waals surface area contributed by atoms with Crippen LogP contribution in [0.5, 0.6) is 11.5 Å². The third-order valence-corrected chi connectivity index (χ3v) is 3.96. The number of ether oxygens (including phenoxy) is 2. The van der Waals surface area contributed by atoms with Crippen LogP contribution >= 0.6 is 0 Å². The Bertz CT molecular complexity index is 777. The molecular weight excluding hydrogens is 336 g/mol. The van der Waals surface area contributed by atoms with Crippen LogP contribution in [-0.4, -0.2) is 31.1 Å². The first-order valence-electron chi connectivity index (χ1n) is 8.30. The quantitative estimate of drug-likeness (QED) is 0.576. The maximum absolute atomic E-state index is 12.5. The number of hydrogen-bond donors (Lipinski definition) is 1. The summed E-state index contributed by atoms with van der Waals surface area (Å²) in [5, 5.41) is 14.1. The van der Waals surface area contributed by atoms with Crippen molar-refractivity contribution in [1.29, 1.82) is 0 Å². The molecular formula is C19H22N2O5. The van der Waals surface area contributed by atoms with Crippen LogP contribution in [0.1, 0.15) is 35.7 Å². The highest BCUT2D eigenvalue weighted by Crippen LogP contribution is 2.34. The minimum atomic E-state index is -0.600. The van der Waals surface area contributed by atoms with Gasteiger partial charge in [0.2, 0.25) is 0 Å². The molecule has 0 bridgehead atoms. The van der Waals surface area contributed by atoms with E-state index in [1.807, 2.05) is 37.3 Å². The van der Waals surface area contributed by atoms with Gasteiger partial charge >= 0.3 is 0 Å². The van der Waals surface area contributed by atoms with Crippen LogP contribution in [-0.2, 0) is 0 Å². The lowest BCUT2D eigenvalue weighted by molar-refractivity contribution is -0.385. The molecule has 0 radical (unpaired) electrons. The fourth-order valence-electron chi connectivity index (χ4n) is 2.55. The molecule has 0 saturated heterocycles. The molecule has 26 heavy (non-hydrogen) atoms. The highest BCUT2D eigenvalue weighted by Gasteiger charge is 2.25. The molecule has 0 spiro atoms. The monoisotopic (exact) mass is 358 g/mol. The molecule has 0 aliphatic rings. The van der Waals surface area contributed by atoms with E-state index in [1.54, 1.807) is 6.92 Å². The van der Waals surface area contributed by atoms with E-state index in [0.717, 1.165) is 5.56 Å². The molecule has 0 aliphatic carbocycles. The standard InChI is InChI=1S/C19H22N2O5/c1-4-26-18-11-16(21(23)24)15(10-17(18)25-3)19(22)20-12-13(2)14-8-6-5-7-9-14/h5-11,13H,4,12H2,1-3H3,(H,20,22)/t13-/m1/s1. The van der Waals surface area contributed by atoms with Crippen LogP contribution in [0.15, 0.2) is 42.5 Å². The SMILES string of the molecule is CCOc1cc([N+](=O)[O-])c(C(=O)NC[C@@H](C)c2ccccc2)cc1OC. The molecule has 0 aromatic heterocycles. The topological polar surface area (TPSA) is 90.7 Å². The van der Waals surface area contributed by atoms with Gasteiger partial charge in [0.15, 0.2) is 11.5 Å². The molecule has 7 nitrogen and oxygen atoms in total. The number of nitro benzene ring substituents is 1. The Morgan fingerprint density at radius 3 is 2.50 bits per heavy atom. The van der Waals surface area contributed by atoms with Crippen molar-refractivity contribution in [3.63, 3.8) is 0 Å². The molecule has 7 heteroatoms. The van der Waals surface area contributed by atoms with Crippen molar-refractivity contribution in [3.05, 3.63) is 63.7 Å². The van der Waals surface area contributed by atoms with E-state index in [0.29, 0.717) is 13.2 Å². The van der Waals surface area contributed by atoms with Crippen LogP contribution < -0.4 is 14.8 Å². The Balaban J connectivity index is 2.22. The van der Waals surface area contributed by atoms with Crippen LogP contribution in [0.4, 0.5) is 5.69 Å². The van der Waals surface area contributed by atoms with Gasteiger partial charge in [0.1, 0.15) is 5.56 Å². The van der Waals surface area contributed by atoms with Crippen molar-refractivity contribution < 1.29 is 19.2 Å². The Morgan fingerprint density at radius 2 is 1.92 bits per heavy atom. The summed E-state index contributed by atoms with van der Waals surface area (Å²) >= 11 is 0. The van der Waals surface area contributed by atoms with Crippen LogP contribution in [0, 0.1) is 10.1 Å². The number of benzene rings is 2. The number of nitrogens with zero attached hydrogens (tertiary/aromatic N) is 1. The number of carbonyl (C=O) groups excluding carboxylic acids is 1. The Kier molecular flexibility index (Phi) is 6.54. The Labute approximate surface area is 152 Å². The highest BCUT2D eigenvalue weighted by atomic mass is 16.6. The second-order valence-electron chi connectivity index (χ2n) is 5.73. The van der Waals surface area contributed by atoms with Gasteiger partial charge < -0.3 is 14.8 Å². The van der Waals surface area contributed by atoms with E-state index < -0.39 is 10.8 Å². The first kappa shape index (κ1) is 19.2. The maximum Gasteiger partial charge on any atom is 0.286 e. The number of hydrogen-bond acceptors (Lipinski definition) is 5. The predicted molar refractivity (Wildman–Crippen MR) is 98.0 cm³/mol. The zero-order chi connectivity index (χ0) is 19.1. The summed E-state index contributed by atoms with van der Waals surface area (Å²) in [6, 6.07) is 12.3. The molecule has 2 aromatic carbocycles. The van der Waals surface area contributed by atoms with E-state index in [2.05, 4.69) is 5.32 Å². The first-order chi connectivity index (χ1) is 12.5. The largest absolute Gasteiger partial charge is 0.493 e. The van der Waals surface area contributed by atoms with Crippen LogP contribution in [0.3, 0.4) is 0 Å². The molecule has 0 saturated carbocycles. The molecule has 138 valence electrons. The molecule has 2 rings (SSSR count). The highest BCUT2D eigenvalue weighted by molar-refractivity contribution is 5.99. The average molecular weight is 358 g/mol. The number of nitrogens with one attached hydrogen (secondary N) is 1. The molecule has 1 atom stereocenters. The maximum atomic E-state index is 12.5. The van der Waals surface area contributed by atoms with Crippen LogP contribution in [0.2, 0.25) is 0 Å². The zero-order valence-electron chi connectivity index (χ0n) is 15.0. The lowest BCUT2D eigenvalue weighted by Crippen LogP contribution is -2.28. The second-order valence-corrected chi connectivity index (χ2v) is 5.73. The van der Waals surface area contributed by atoms with E-state index in [-0.39, 0.29) is 28.7 Å². The molecule has 0 fully saturated rings. The molecule has 2 aromatic rings. The number of rotatable bonds is 8. The summed E-state index contributed by atoms with van der Waals surface area (Å²) in [5.41, 5.74) is 0.696. The molecule has 0 unspecified atom stereocenters. The Morgan fingerprint density at radius 1 is 1.23 bits per heavy atom.